The van der Waals surface area contributed by atoms with Gasteiger partial charge in [-0.25, -0.2) is 0 Å². The van der Waals surface area contributed by atoms with E-state index < -0.39 is 5.54 Å². The van der Waals surface area contributed by atoms with Gasteiger partial charge in [-0.2, -0.15) is 0 Å². The summed E-state index contributed by atoms with van der Waals surface area (Å²) in [7, 11) is 1.64. The Hall–Kier alpha value is -1.33. The molecule has 1 saturated carbocycles. The monoisotopic (exact) mass is 266 g/mol. The zero-order chi connectivity index (χ0) is 13.7. The normalized spacial score (nSPS) is 17.6. The molecule has 1 amide bonds. The molecule has 0 unspecified atom stereocenters. The molecule has 1 heterocycles. The van der Waals surface area contributed by atoms with E-state index in [0.29, 0.717) is 18.8 Å². The minimum atomic E-state index is -0.423. The standard InChI is InChI=1S/C14H22N2O3/c1-19-10-9-16-8-4-5-12(16)13(18)15-14(11-17)6-2-3-7-14/h4-5,8,17H,2-3,6-7,9-11H2,1H3,(H,15,18). The number of hydrogen-bond acceptors (Lipinski definition) is 3. The molecule has 106 valence electrons. The SMILES string of the molecule is COCCn1cccc1C(=O)NC1(CO)CCCC1. The predicted molar refractivity (Wildman–Crippen MR) is 72.1 cm³/mol. The number of rotatable bonds is 6. The van der Waals surface area contributed by atoms with Gasteiger partial charge in [0.1, 0.15) is 5.69 Å². The first-order valence-corrected chi connectivity index (χ1v) is 6.78. The van der Waals surface area contributed by atoms with E-state index in [9.17, 15) is 9.90 Å². The van der Waals surface area contributed by atoms with E-state index in [0.717, 1.165) is 25.7 Å². The van der Waals surface area contributed by atoms with E-state index in [4.69, 9.17) is 4.74 Å². The molecule has 5 heteroatoms. The average molecular weight is 266 g/mol. The van der Waals surface area contributed by atoms with Crippen molar-refractivity contribution in [2.45, 2.75) is 37.8 Å². The molecular weight excluding hydrogens is 244 g/mol. The summed E-state index contributed by atoms with van der Waals surface area (Å²) in [5, 5.41) is 12.5. The highest BCUT2D eigenvalue weighted by Gasteiger charge is 2.35. The van der Waals surface area contributed by atoms with E-state index in [1.165, 1.54) is 0 Å². The fourth-order valence-electron chi connectivity index (χ4n) is 2.68. The van der Waals surface area contributed by atoms with Crippen molar-refractivity contribution in [3.63, 3.8) is 0 Å². The Kier molecular flexibility index (Phi) is 4.61. The summed E-state index contributed by atoms with van der Waals surface area (Å²) < 4.78 is 6.91. The van der Waals surface area contributed by atoms with Crippen molar-refractivity contribution in [1.29, 1.82) is 0 Å². The Labute approximate surface area is 113 Å². The van der Waals surface area contributed by atoms with Crippen molar-refractivity contribution in [3.8, 4) is 0 Å². The van der Waals surface area contributed by atoms with Crippen molar-refractivity contribution < 1.29 is 14.6 Å². The molecule has 2 N–H and O–H groups in total. The Bertz CT molecular complexity index is 422. The molecule has 0 aromatic carbocycles. The van der Waals surface area contributed by atoms with E-state index in [2.05, 4.69) is 5.32 Å². The van der Waals surface area contributed by atoms with Gasteiger partial charge in [-0.1, -0.05) is 12.8 Å². The smallest absolute Gasteiger partial charge is 0.268 e. The summed E-state index contributed by atoms with van der Waals surface area (Å²) in [6.07, 6.45) is 5.70. The molecule has 0 atom stereocenters. The van der Waals surface area contributed by atoms with Crippen molar-refractivity contribution in [2.24, 2.45) is 0 Å². The number of methoxy groups -OCH3 is 1. The minimum Gasteiger partial charge on any atom is -0.394 e. The highest BCUT2D eigenvalue weighted by molar-refractivity contribution is 5.93. The van der Waals surface area contributed by atoms with Crippen LogP contribution in [0.4, 0.5) is 0 Å². The second-order valence-electron chi connectivity index (χ2n) is 5.18. The number of nitrogens with one attached hydrogen (secondary N) is 1. The van der Waals surface area contributed by atoms with Gasteiger partial charge in [0.05, 0.1) is 18.8 Å². The number of aliphatic hydroxyl groups excluding tert-OH is 1. The number of aromatic nitrogens is 1. The van der Waals surface area contributed by atoms with Crippen LogP contribution < -0.4 is 5.32 Å². The maximum absolute atomic E-state index is 12.3. The van der Waals surface area contributed by atoms with E-state index >= 15 is 0 Å². The van der Waals surface area contributed by atoms with Crippen LogP contribution in [-0.2, 0) is 11.3 Å². The third kappa shape index (κ3) is 3.16. The lowest BCUT2D eigenvalue weighted by Crippen LogP contribution is -2.49. The van der Waals surface area contributed by atoms with E-state index in [1.54, 1.807) is 13.2 Å². The molecule has 1 aliphatic carbocycles. The van der Waals surface area contributed by atoms with Gasteiger partial charge in [-0.15, -0.1) is 0 Å². The number of carbonyl (C=O) groups is 1. The first-order valence-electron chi connectivity index (χ1n) is 6.78. The van der Waals surface area contributed by atoms with Gasteiger partial charge in [-0.3, -0.25) is 4.79 Å². The fraction of sp³-hybridized carbons (Fsp3) is 0.643. The molecule has 5 nitrogen and oxygen atoms in total. The zero-order valence-corrected chi connectivity index (χ0v) is 11.4. The van der Waals surface area contributed by atoms with Gasteiger partial charge in [-0.05, 0) is 25.0 Å². The molecule has 0 aliphatic heterocycles. The molecule has 0 bridgehead atoms. The lowest BCUT2D eigenvalue weighted by atomic mass is 9.99. The van der Waals surface area contributed by atoms with Crippen LogP contribution in [0.5, 0.6) is 0 Å². The van der Waals surface area contributed by atoms with Crippen molar-refractivity contribution in [1.82, 2.24) is 9.88 Å². The highest BCUT2D eigenvalue weighted by Crippen LogP contribution is 2.29. The lowest BCUT2D eigenvalue weighted by Gasteiger charge is -2.28. The summed E-state index contributed by atoms with van der Waals surface area (Å²) in [6, 6.07) is 3.65. The molecular formula is C14H22N2O3. The number of hydrogen-bond donors (Lipinski definition) is 2. The summed E-state index contributed by atoms with van der Waals surface area (Å²) in [5.41, 5.74) is 0.199. The summed E-state index contributed by atoms with van der Waals surface area (Å²) >= 11 is 0. The van der Waals surface area contributed by atoms with Crippen molar-refractivity contribution in [3.05, 3.63) is 24.0 Å². The number of nitrogens with zero attached hydrogens (tertiary/aromatic N) is 1. The van der Waals surface area contributed by atoms with Crippen LogP contribution in [0.25, 0.3) is 0 Å². The van der Waals surface area contributed by atoms with E-state index in [-0.39, 0.29) is 12.5 Å². The molecule has 1 fully saturated rings. The maximum Gasteiger partial charge on any atom is 0.268 e. The molecule has 1 aromatic rings. The Morgan fingerprint density at radius 3 is 2.89 bits per heavy atom. The quantitative estimate of drug-likeness (QED) is 0.812. The van der Waals surface area contributed by atoms with E-state index in [1.807, 2.05) is 16.8 Å². The predicted octanol–water partition coefficient (Wildman–Crippen LogP) is 1.17. The van der Waals surface area contributed by atoms with Crippen LogP contribution in [0.2, 0.25) is 0 Å². The zero-order valence-electron chi connectivity index (χ0n) is 11.4. The minimum absolute atomic E-state index is 0.0114. The van der Waals surface area contributed by atoms with Gasteiger partial charge >= 0.3 is 0 Å². The second kappa shape index (κ2) is 6.21. The largest absolute Gasteiger partial charge is 0.394 e. The van der Waals surface area contributed by atoms with Crippen LogP contribution in [0, 0.1) is 0 Å². The Balaban J connectivity index is 2.05. The lowest BCUT2D eigenvalue weighted by molar-refractivity contribution is 0.0826. The maximum atomic E-state index is 12.3. The number of carbonyl (C=O) groups excluding carboxylic acids is 1. The molecule has 2 rings (SSSR count). The van der Waals surface area contributed by atoms with Gasteiger partial charge in [0.2, 0.25) is 0 Å². The number of amides is 1. The topological polar surface area (TPSA) is 63.5 Å². The Morgan fingerprint density at radius 1 is 1.53 bits per heavy atom. The first kappa shape index (κ1) is 14.1. The van der Waals surface area contributed by atoms with Gasteiger partial charge < -0.3 is 19.7 Å². The van der Waals surface area contributed by atoms with Crippen molar-refractivity contribution in [2.75, 3.05) is 20.3 Å². The summed E-state index contributed by atoms with van der Waals surface area (Å²) in [4.78, 5) is 12.3. The molecule has 1 aliphatic rings. The fourth-order valence-corrected chi connectivity index (χ4v) is 2.68. The summed E-state index contributed by atoms with van der Waals surface area (Å²) in [5.74, 6) is -0.114. The molecule has 0 radical (unpaired) electrons. The van der Waals surface area contributed by atoms with Crippen LogP contribution in [0.3, 0.4) is 0 Å². The number of aliphatic hydroxyl groups is 1. The van der Waals surface area contributed by atoms with Crippen molar-refractivity contribution >= 4 is 5.91 Å². The Morgan fingerprint density at radius 2 is 2.26 bits per heavy atom. The van der Waals surface area contributed by atoms with Crippen LogP contribution in [0.1, 0.15) is 36.2 Å². The molecule has 0 spiro atoms. The van der Waals surface area contributed by atoms with Crippen LogP contribution >= 0.6 is 0 Å². The second-order valence-corrected chi connectivity index (χ2v) is 5.18. The molecule has 0 saturated heterocycles. The summed E-state index contributed by atoms with van der Waals surface area (Å²) in [6.45, 7) is 1.23. The first-order chi connectivity index (χ1) is 9.21. The van der Waals surface area contributed by atoms with Gasteiger partial charge in [0, 0.05) is 19.9 Å². The third-order valence-corrected chi connectivity index (χ3v) is 3.84. The molecule has 1 aromatic heterocycles. The average Bonchev–Trinajstić information content (AvgIpc) is 3.05. The van der Waals surface area contributed by atoms with Gasteiger partial charge in [0.15, 0.2) is 0 Å². The third-order valence-electron chi connectivity index (χ3n) is 3.84. The van der Waals surface area contributed by atoms with Crippen LogP contribution in [0.15, 0.2) is 18.3 Å². The molecule has 19 heavy (non-hydrogen) atoms. The van der Waals surface area contributed by atoms with Gasteiger partial charge in [0.25, 0.3) is 5.91 Å². The highest BCUT2D eigenvalue weighted by atomic mass is 16.5. The number of ether oxygens (including phenoxy) is 1. The van der Waals surface area contributed by atoms with Crippen LogP contribution in [-0.4, -0.2) is 41.4 Å².